The van der Waals surface area contributed by atoms with Crippen molar-refractivity contribution >= 4 is 28.5 Å². The van der Waals surface area contributed by atoms with Crippen LogP contribution in [0.25, 0.3) is 0 Å². The first-order chi connectivity index (χ1) is 9.19. The molecule has 1 heterocycles. The maximum Gasteiger partial charge on any atom is 0.416 e. The molecule has 1 aromatic heterocycles. The molecule has 2 rings (SSSR count). The number of thiazole rings is 1. The molecule has 0 saturated heterocycles. The number of aromatic carboxylic acids is 1. The summed E-state index contributed by atoms with van der Waals surface area (Å²) in [5.41, 5.74) is -0.168. The van der Waals surface area contributed by atoms with Gasteiger partial charge in [-0.3, -0.25) is 0 Å². The molecule has 110 valence electrons. The van der Waals surface area contributed by atoms with Gasteiger partial charge in [0.05, 0.1) is 5.69 Å². The molecule has 0 atom stereocenters. The van der Waals surface area contributed by atoms with E-state index in [-0.39, 0.29) is 10.9 Å². The van der Waals surface area contributed by atoms with Crippen molar-refractivity contribution in [2.24, 2.45) is 0 Å². The molecule has 0 bridgehead atoms. The van der Waals surface area contributed by atoms with Crippen LogP contribution in [0.4, 0.5) is 9.93 Å². The highest BCUT2D eigenvalue weighted by Crippen LogP contribution is 2.36. The molecule has 1 aromatic rings. The summed E-state index contributed by atoms with van der Waals surface area (Å²) in [7, 11) is 0. The first-order valence-electron chi connectivity index (χ1n) is 6.42. The van der Waals surface area contributed by atoms with Gasteiger partial charge in [-0.1, -0.05) is 11.3 Å². The summed E-state index contributed by atoms with van der Waals surface area (Å²) < 4.78 is 5.37. The third kappa shape index (κ3) is 3.27. The molecule has 0 unspecified atom stereocenters. The molecule has 0 aliphatic heterocycles. The van der Waals surface area contributed by atoms with E-state index in [1.807, 2.05) is 0 Å². The van der Waals surface area contributed by atoms with Crippen molar-refractivity contribution in [3.8, 4) is 0 Å². The Labute approximate surface area is 121 Å². The monoisotopic (exact) mass is 298 g/mol. The zero-order chi connectivity index (χ0) is 15.1. The lowest BCUT2D eigenvalue weighted by atomic mass is 10.2. The van der Waals surface area contributed by atoms with Crippen LogP contribution in [0.5, 0.6) is 0 Å². The van der Waals surface area contributed by atoms with Gasteiger partial charge in [0.1, 0.15) is 10.5 Å². The minimum atomic E-state index is -1.02. The fourth-order valence-electron chi connectivity index (χ4n) is 1.71. The van der Waals surface area contributed by atoms with Crippen LogP contribution in [0, 0.1) is 6.92 Å². The summed E-state index contributed by atoms with van der Waals surface area (Å²) in [6, 6.07) is 0.0667. The topological polar surface area (TPSA) is 79.7 Å². The zero-order valence-corrected chi connectivity index (χ0v) is 12.8. The Kier molecular flexibility index (Phi) is 3.73. The molecule has 1 aliphatic rings. The van der Waals surface area contributed by atoms with Crippen molar-refractivity contribution in [1.82, 2.24) is 4.98 Å². The fraction of sp³-hybridized carbons (Fsp3) is 0.615. The predicted octanol–water partition coefficient (Wildman–Crippen LogP) is 3.05. The van der Waals surface area contributed by atoms with E-state index in [0.29, 0.717) is 10.8 Å². The Morgan fingerprint density at radius 2 is 2.00 bits per heavy atom. The van der Waals surface area contributed by atoms with Gasteiger partial charge < -0.3 is 9.84 Å². The van der Waals surface area contributed by atoms with Crippen LogP contribution < -0.4 is 4.90 Å². The van der Waals surface area contributed by atoms with E-state index >= 15 is 0 Å². The minimum absolute atomic E-state index is 0.0667. The molecule has 0 aromatic carbocycles. The quantitative estimate of drug-likeness (QED) is 0.927. The number of hydrogen-bond donors (Lipinski definition) is 1. The summed E-state index contributed by atoms with van der Waals surface area (Å²) in [5, 5.41) is 9.48. The summed E-state index contributed by atoms with van der Waals surface area (Å²) in [4.78, 5) is 29.2. The number of anilines is 1. The van der Waals surface area contributed by atoms with Gasteiger partial charge >= 0.3 is 12.1 Å². The number of carboxylic acid groups (broad SMARTS) is 1. The van der Waals surface area contributed by atoms with Crippen molar-refractivity contribution in [3.05, 3.63) is 10.6 Å². The highest BCUT2D eigenvalue weighted by Gasteiger charge is 2.38. The largest absolute Gasteiger partial charge is 0.477 e. The van der Waals surface area contributed by atoms with Crippen molar-refractivity contribution in [2.45, 2.75) is 52.2 Å². The van der Waals surface area contributed by atoms with Gasteiger partial charge in [-0.25, -0.2) is 19.5 Å². The van der Waals surface area contributed by atoms with Gasteiger partial charge in [-0.15, -0.1) is 0 Å². The second-order valence-corrected chi connectivity index (χ2v) is 6.78. The molecule has 20 heavy (non-hydrogen) atoms. The summed E-state index contributed by atoms with van der Waals surface area (Å²) in [6.07, 6.45) is 1.31. The average molecular weight is 298 g/mol. The van der Waals surface area contributed by atoms with Crippen molar-refractivity contribution in [3.63, 3.8) is 0 Å². The van der Waals surface area contributed by atoms with Gasteiger partial charge in [0.15, 0.2) is 5.13 Å². The molecule has 1 N–H and O–H groups in total. The van der Waals surface area contributed by atoms with E-state index < -0.39 is 17.7 Å². The average Bonchev–Trinajstić information content (AvgIpc) is 2.99. The number of carboxylic acids is 1. The van der Waals surface area contributed by atoms with E-state index in [9.17, 15) is 9.59 Å². The van der Waals surface area contributed by atoms with Crippen LogP contribution in [-0.2, 0) is 4.74 Å². The number of hydrogen-bond acceptors (Lipinski definition) is 5. The van der Waals surface area contributed by atoms with E-state index in [0.717, 1.165) is 24.2 Å². The molecular weight excluding hydrogens is 280 g/mol. The maximum absolute atomic E-state index is 12.3. The SMILES string of the molecule is Cc1nc(N(C(=O)OC(C)(C)C)C2CC2)sc1C(=O)O. The van der Waals surface area contributed by atoms with E-state index in [4.69, 9.17) is 9.84 Å². The fourth-order valence-corrected chi connectivity index (χ4v) is 2.68. The first-order valence-corrected chi connectivity index (χ1v) is 7.23. The lowest BCUT2D eigenvalue weighted by molar-refractivity contribution is 0.0576. The van der Waals surface area contributed by atoms with E-state index in [1.54, 1.807) is 27.7 Å². The third-order valence-corrected chi connectivity index (χ3v) is 3.83. The summed E-state index contributed by atoms with van der Waals surface area (Å²) >= 11 is 1.01. The number of aromatic nitrogens is 1. The van der Waals surface area contributed by atoms with Crippen molar-refractivity contribution in [1.29, 1.82) is 0 Å². The Balaban J connectivity index is 2.27. The van der Waals surface area contributed by atoms with Crippen LogP contribution >= 0.6 is 11.3 Å². The molecule has 7 heteroatoms. The number of carbonyl (C=O) groups excluding carboxylic acids is 1. The van der Waals surface area contributed by atoms with Crippen molar-refractivity contribution in [2.75, 3.05) is 4.90 Å². The normalized spacial score (nSPS) is 15.0. The first kappa shape index (κ1) is 14.8. The van der Waals surface area contributed by atoms with Crippen LogP contribution in [0.3, 0.4) is 0 Å². The second kappa shape index (κ2) is 5.05. The van der Waals surface area contributed by atoms with Crippen LogP contribution in [0.1, 0.15) is 49.0 Å². The molecule has 1 aliphatic carbocycles. The highest BCUT2D eigenvalue weighted by molar-refractivity contribution is 7.17. The summed E-state index contributed by atoms with van der Waals surface area (Å²) in [6.45, 7) is 7.02. The number of ether oxygens (including phenoxy) is 1. The van der Waals surface area contributed by atoms with Crippen LogP contribution in [0.2, 0.25) is 0 Å². The lowest BCUT2D eigenvalue weighted by Gasteiger charge is -2.25. The van der Waals surface area contributed by atoms with Crippen LogP contribution in [-0.4, -0.2) is 33.8 Å². The van der Waals surface area contributed by atoms with Gasteiger partial charge in [0.2, 0.25) is 0 Å². The molecule has 1 amide bonds. The second-order valence-electron chi connectivity index (χ2n) is 5.80. The molecule has 6 nitrogen and oxygen atoms in total. The smallest absolute Gasteiger partial charge is 0.416 e. The number of carbonyl (C=O) groups is 2. The molecule has 1 saturated carbocycles. The Morgan fingerprint density at radius 1 is 1.40 bits per heavy atom. The van der Waals surface area contributed by atoms with Gasteiger partial charge in [-0.05, 0) is 40.5 Å². The number of rotatable bonds is 3. The minimum Gasteiger partial charge on any atom is -0.477 e. The van der Waals surface area contributed by atoms with E-state index in [1.165, 1.54) is 4.90 Å². The molecule has 0 spiro atoms. The lowest BCUT2D eigenvalue weighted by Crippen LogP contribution is -2.38. The highest BCUT2D eigenvalue weighted by atomic mass is 32.1. The molecule has 1 fully saturated rings. The predicted molar refractivity (Wildman–Crippen MR) is 75.5 cm³/mol. The zero-order valence-electron chi connectivity index (χ0n) is 12.0. The van der Waals surface area contributed by atoms with Gasteiger partial charge in [0, 0.05) is 6.04 Å². The Bertz CT molecular complexity index is 543. The summed E-state index contributed by atoms with van der Waals surface area (Å²) in [5.74, 6) is -1.02. The number of aryl methyl sites for hydroxylation is 1. The molecular formula is C13H18N2O4S. The van der Waals surface area contributed by atoms with Gasteiger partial charge in [-0.2, -0.15) is 0 Å². The maximum atomic E-state index is 12.3. The van der Waals surface area contributed by atoms with E-state index in [2.05, 4.69) is 4.98 Å². The third-order valence-electron chi connectivity index (χ3n) is 2.69. The van der Waals surface area contributed by atoms with Crippen molar-refractivity contribution < 1.29 is 19.4 Å². The Morgan fingerprint density at radius 3 is 2.40 bits per heavy atom. The van der Waals surface area contributed by atoms with Crippen LogP contribution in [0.15, 0.2) is 0 Å². The Hall–Kier alpha value is -1.63. The number of amides is 1. The molecule has 0 radical (unpaired) electrons. The number of nitrogens with zero attached hydrogens (tertiary/aromatic N) is 2. The van der Waals surface area contributed by atoms with Gasteiger partial charge in [0.25, 0.3) is 0 Å². The standard InChI is InChI=1S/C13H18N2O4S/c1-7-9(10(16)17)20-11(14-7)15(8-5-6-8)12(18)19-13(2,3)4/h8H,5-6H2,1-4H3,(H,16,17).